The molecular formula is C14H20O2P2. The number of benzene rings is 1. The molecule has 0 aromatic heterocycles. The summed E-state index contributed by atoms with van der Waals surface area (Å²) in [5.41, 5.74) is 0. The molecule has 1 aromatic carbocycles. The topological polar surface area (TPSA) is 26.3 Å². The van der Waals surface area contributed by atoms with E-state index in [1.54, 1.807) is 0 Å². The van der Waals surface area contributed by atoms with Crippen LogP contribution in [0.4, 0.5) is 0 Å². The summed E-state index contributed by atoms with van der Waals surface area (Å²) in [5.74, 6) is 0.631. The lowest BCUT2D eigenvalue weighted by Gasteiger charge is -2.32. The van der Waals surface area contributed by atoms with Gasteiger partial charge in [-0.3, -0.25) is 4.79 Å². The Kier molecular flexibility index (Phi) is 4.41. The molecule has 0 saturated heterocycles. The quantitative estimate of drug-likeness (QED) is 0.473. The standard InChI is InChI=1S/C14H20O2P2/c1-14(18)8-6-10(7-9-14)13(15)16-11-2-4-12(17)5-3-11/h2-5,10H,6-9,17-18H2,1H3. The molecule has 2 nitrogen and oxygen atoms in total. The molecule has 2 rings (SSSR count). The van der Waals surface area contributed by atoms with Crippen molar-refractivity contribution >= 4 is 29.8 Å². The van der Waals surface area contributed by atoms with Crippen LogP contribution in [-0.2, 0) is 4.79 Å². The van der Waals surface area contributed by atoms with E-state index >= 15 is 0 Å². The molecule has 2 unspecified atom stereocenters. The van der Waals surface area contributed by atoms with Gasteiger partial charge in [-0.25, -0.2) is 0 Å². The Bertz CT molecular complexity index is 416. The van der Waals surface area contributed by atoms with Gasteiger partial charge in [0.2, 0.25) is 0 Å². The normalized spacial score (nSPS) is 27.8. The molecule has 1 fully saturated rings. The molecule has 0 spiro atoms. The van der Waals surface area contributed by atoms with Crippen LogP contribution in [0.2, 0.25) is 0 Å². The first-order chi connectivity index (χ1) is 8.46. The number of esters is 1. The Morgan fingerprint density at radius 1 is 1.28 bits per heavy atom. The Hall–Kier alpha value is -0.450. The van der Waals surface area contributed by atoms with E-state index in [1.165, 1.54) is 0 Å². The fourth-order valence-corrected chi connectivity index (χ4v) is 2.77. The third-order valence-corrected chi connectivity index (χ3v) is 4.52. The zero-order valence-electron chi connectivity index (χ0n) is 10.7. The predicted molar refractivity (Wildman–Crippen MR) is 81.5 cm³/mol. The monoisotopic (exact) mass is 282 g/mol. The van der Waals surface area contributed by atoms with Crippen LogP contribution in [-0.4, -0.2) is 11.1 Å². The lowest BCUT2D eigenvalue weighted by Crippen LogP contribution is -2.30. The Labute approximate surface area is 113 Å². The van der Waals surface area contributed by atoms with Gasteiger partial charge in [-0.1, -0.05) is 19.1 Å². The smallest absolute Gasteiger partial charge is 0.314 e. The van der Waals surface area contributed by atoms with E-state index in [9.17, 15) is 4.79 Å². The summed E-state index contributed by atoms with van der Waals surface area (Å²) in [6.07, 6.45) is 4.00. The van der Waals surface area contributed by atoms with Crippen molar-refractivity contribution < 1.29 is 9.53 Å². The summed E-state index contributed by atoms with van der Waals surface area (Å²) in [6.45, 7) is 2.23. The summed E-state index contributed by atoms with van der Waals surface area (Å²) >= 11 is 0. The van der Waals surface area contributed by atoms with Gasteiger partial charge in [-0.15, -0.1) is 18.5 Å². The van der Waals surface area contributed by atoms with Crippen molar-refractivity contribution in [2.45, 2.75) is 37.8 Å². The molecule has 0 bridgehead atoms. The molecule has 0 radical (unpaired) electrons. The third-order valence-electron chi connectivity index (χ3n) is 3.56. The molecule has 0 aliphatic heterocycles. The number of hydrogen-bond acceptors (Lipinski definition) is 2. The van der Waals surface area contributed by atoms with Gasteiger partial charge < -0.3 is 4.74 Å². The number of carbonyl (C=O) groups excluding carboxylic acids is 1. The van der Waals surface area contributed by atoms with Crippen LogP contribution in [0.1, 0.15) is 32.6 Å². The fraction of sp³-hybridized carbons (Fsp3) is 0.500. The predicted octanol–water partition coefficient (Wildman–Crippen LogP) is 2.92. The average Bonchev–Trinajstić information content (AvgIpc) is 2.32. The Morgan fingerprint density at radius 2 is 1.83 bits per heavy atom. The molecule has 18 heavy (non-hydrogen) atoms. The van der Waals surface area contributed by atoms with Crippen molar-refractivity contribution in [3.63, 3.8) is 0 Å². The lowest BCUT2D eigenvalue weighted by molar-refractivity contribution is -0.140. The van der Waals surface area contributed by atoms with Crippen molar-refractivity contribution in [3.8, 4) is 5.75 Å². The molecule has 2 atom stereocenters. The van der Waals surface area contributed by atoms with Crippen LogP contribution in [0.3, 0.4) is 0 Å². The summed E-state index contributed by atoms with van der Waals surface area (Å²) in [5, 5.41) is 1.39. The molecule has 0 N–H and O–H groups in total. The van der Waals surface area contributed by atoms with Crippen molar-refractivity contribution in [2.24, 2.45) is 5.92 Å². The number of ether oxygens (including phenoxy) is 1. The maximum atomic E-state index is 12.0. The van der Waals surface area contributed by atoms with Gasteiger partial charge in [0.15, 0.2) is 0 Å². The largest absolute Gasteiger partial charge is 0.426 e. The molecular weight excluding hydrogens is 262 g/mol. The van der Waals surface area contributed by atoms with E-state index in [0.29, 0.717) is 10.9 Å². The lowest BCUT2D eigenvalue weighted by atomic mass is 9.82. The van der Waals surface area contributed by atoms with E-state index in [4.69, 9.17) is 4.74 Å². The minimum Gasteiger partial charge on any atom is -0.426 e. The summed E-state index contributed by atoms with van der Waals surface area (Å²) < 4.78 is 5.42. The van der Waals surface area contributed by atoms with Crippen LogP contribution in [0.15, 0.2) is 24.3 Å². The van der Waals surface area contributed by atoms with Gasteiger partial charge in [0.05, 0.1) is 5.92 Å². The average molecular weight is 282 g/mol. The first-order valence-corrected chi connectivity index (χ1v) is 7.48. The Morgan fingerprint density at radius 3 is 2.39 bits per heavy atom. The highest BCUT2D eigenvalue weighted by Gasteiger charge is 2.31. The first kappa shape index (κ1) is 14.0. The van der Waals surface area contributed by atoms with Crippen LogP contribution in [0, 0.1) is 5.92 Å². The van der Waals surface area contributed by atoms with Crippen LogP contribution < -0.4 is 10.0 Å². The highest BCUT2D eigenvalue weighted by molar-refractivity contribution is 7.27. The molecule has 0 heterocycles. The van der Waals surface area contributed by atoms with Gasteiger partial charge in [0, 0.05) is 0 Å². The molecule has 1 aliphatic rings. The SMILES string of the molecule is CC1(P)CCC(C(=O)Oc2ccc(P)cc2)CC1. The van der Waals surface area contributed by atoms with Crippen LogP contribution in [0.25, 0.3) is 0 Å². The summed E-state index contributed by atoms with van der Waals surface area (Å²) in [7, 11) is 5.52. The summed E-state index contributed by atoms with van der Waals surface area (Å²) in [4.78, 5) is 12.0. The van der Waals surface area contributed by atoms with E-state index in [2.05, 4.69) is 25.4 Å². The van der Waals surface area contributed by atoms with E-state index in [0.717, 1.165) is 31.0 Å². The van der Waals surface area contributed by atoms with E-state index in [-0.39, 0.29) is 11.9 Å². The van der Waals surface area contributed by atoms with Crippen molar-refractivity contribution in [1.29, 1.82) is 0 Å². The van der Waals surface area contributed by atoms with Crippen molar-refractivity contribution in [2.75, 3.05) is 0 Å². The van der Waals surface area contributed by atoms with E-state index < -0.39 is 0 Å². The van der Waals surface area contributed by atoms with Crippen molar-refractivity contribution in [3.05, 3.63) is 24.3 Å². The van der Waals surface area contributed by atoms with Gasteiger partial charge >= 0.3 is 5.97 Å². The zero-order chi connectivity index (χ0) is 13.2. The number of hydrogen-bond donors (Lipinski definition) is 0. The fourth-order valence-electron chi connectivity index (χ4n) is 2.25. The highest BCUT2D eigenvalue weighted by Crippen LogP contribution is 2.38. The van der Waals surface area contributed by atoms with Crippen molar-refractivity contribution in [1.82, 2.24) is 0 Å². The Balaban J connectivity index is 1.91. The zero-order valence-corrected chi connectivity index (χ0v) is 13.0. The number of carbonyl (C=O) groups is 1. The molecule has 4 heteroatoms. The van der Waals surface area contributed by atoms with Gasteiger partial charge in [-0.2, -0.15) is 0 Å². The maximum Gasteiger partial charge on any atom is 0.314 e. The third kappa shape index (κ3) is 3.77. The molecule has 0 amide bonds. The maximum absolute atomic E-state index is 12.0. The van der Waals surface area contributed by atoms with Gasteiger partial charge in [0.1, 0.15) is 5.75 Å². The number of rotatable bonds is 2. The minimum atomic E-state index is -0.0768. The van der Waals surface area contributed by atoms with Crippen LogP contribution >= 0.6 is 18.5 Å². The molecule has 1 aromatic rings. The molecule has 1 aliphatic carbocycles. The second-order valence-electron chi connectivity index (χ2n) is 5.42. The minimum absolute atomic E-state index is 0.0642. The van der Waals surface area contributed by atoms with Gasteiger partial charge in [0.25, 0.3) is 0 Å². The highest BCUT2D eigenvalue weighted by atomic mass is 31.0. The summed E-state index contributed by atoms with van der Waals surface area (Å²) in [6, 6.07) is 7.52. The van der Waals surface area contributed by atoms with Crippen LogP contribution in [0.5, 0.6) is 5.75 Å². The molecule has 1 saturated carbocycles. The van der Waals surface area contributed by atoms with E-state index in [1.807, 2.05) is 24.3 Å². The first-order valence-electron chi connectivity index (χ1n) is 6.32. The second kappa shape index (κ2) is 5.68. The van der Waals surface area contributed by atoms with Gasteiger partial charge in [-0.05, 0) is 48.3 Å². The molecule has 98 valence electrons. The second-order valence-corrected chi connectivity index (χ2v) is 7.48.